The number of nitrogens with one attached hydrogen (secondary N) is 1. The van der Waals surface area contributed by atoms with E-state index in [0.29, 0.717) is 12.0 Å². The molecular formula is C18H19Br2N. The third-order valence-corrected chi connectivity index (χ3v) is 5.42. The fraction of sp³-hybridized carbons (Fsp3) is 0.333. The van der Waals surface area contributed by atoms with Crippen molar-refractivity contribution in [1.82, 2.24) is 0 Å². The van der Waals surface area contributed by atoms with Crippen LogP contribution in [-0.2, 0) is 0 Å². The van der Waals surface area contributed by atoms with Gasteiger partial charge in [0.1, 0.15) is 0 Å². The SMILES string of the molecule is Brc1ccc(NC2CCCCC2c2ccccc2)c(Br)c1. The summed E-state index contributed by atoms with van der Waals surface area (Å²) in [5.41, 5.74) is 2.65. The summed E-state index contributed by atoms with van der Waals surface area (Å²) < 4.78 is 2.22. The molecule has 0 aliphatic heterocycles. The second-order valence-corrected chi connectivity index (χ2v) is 7.45. The lowest BCUT2D eigenvalue weighted by Crippen LogP contribution is -2.30. The Hall–Kier alpha value is -0.800. The summed E-state index contributed by atoms with van der Waals surface area (Å²) in [5, 5.41) is 3.76. The predicted molar refractivity (Wildman–Crippen MR) is 96.9 cm³/mol. The zero-order valence-electron chi connectivity index (χ0n) is 11.9. The molecule has 3 rings (SSSR count). The van der Waals surface area contributed by atoms with E-state index in [1.807, 2.05) is 0 Å². The first-order chi connectivity index (χ1) is 10.2. The minimum absolute atomic E-state index is 0.513. The van der Waals surface area contributed by atoms with Crippen LogP contribution in [0.4, 0.5) is 5.69 Å². The zero-order chi connectivity index (χ0) is 14.7. The van der Waals surface area contributed by atoms with E-state index in [0.717, 1.165) is 8.95 Å². The predicted octanol–water partition coefficient (Wildman–Crippen LogP) is 6.35. The second-order valence-electron chi connectivity index (χ2n) is 5.68. The third kappa shape index (κ3) is 3.70. The minimum atomic E-state index is 0.513. The van der Waals surface area contributed by atoms with Gasteiger partial charge in [0.05, 0.1) is 0 Å². The average molecular weight is 409 g/mol. The normalized spacial score (nSPS) is 22.0. The van der Waals surface area contributed by atoms with Crippen molar-refractivity contribution in [2.24, 2.45) is 0 Å². The monoisotopic (exact) mass is 407 g/mol. The fourth-order valence-electron chi connectivity index (χ4n) is 3.21. The first-order valence-corrected chi connectivity index (χ1v) is 9.09. The smallest absolute Gasteiger partial charge is 0.0487 e. The maximum Gasteiger partial charge on any atom is 0.0487 e. The molecule has 3 heteroatoms. The molecule has 110 valence electrons. The van der Waals surface area contributed by atoms with Crippen LogP contribution in [0, 0.1) is 0 Å². The maximum absolute atomic E-state index is 3.76. The van der Waals surface area contributed by atoms with Gasteiger partial charge >= 0.3 is 0 Å². The quantitative estimate of drug-likeness (QED) is 0.623. The third-order valence-electron chi connectivity index (χ3n) is 4.27. The molecular weight excluding hydrogens is 390 g/mol. The van der Waals surface area contributed by atoms with Gasteiger partial charge in [-0.25, -0.2) is 0 Å². The van der Waals surface area contributed by atoms with E-state index in [9.17, 15) is 0 Å². The van der Waals surface area contributed by atoms with Gasteiger partial charge in [-0.3, -0.25) is 0 Å². The van der Waals surface area contributed by atoms with Crippen LogP contribution in [0.15, 0.2) is 57.5 Å². The van der Waals surface area contributed by atoms with Crippen molar-refractivity contribution in [3.63, 3.8) is 0 Å². The molecule has 2 unspecified atom stereocenters. The number of hydrogen-bond donors (Lipinski definition) is 1. The van der Waals surface area contributed by atoms with Crippen LogP contribution in [0.25, 0.3) is 0 Å². The van der Waals surface area contributed by atoms with Gasteiger partial charge in [-0.05, 0) is 52.5 Å². The van der Waals surface area contributed by atoms with Gasteiger partial charge in [0.25, 0.3) is 0 Å². The van der Waals surface area contributed by atoms with Crippen molar-refractivity contribution in [2.45, 2.75) is 37.6 Å². The zero-order valence-corrected chi connectivity index (χ0v) is 15.0. The van der Waals surface area contributed by atoms with Crippen molar-refractivity contribution >= 4 is 37.5 Å². The summed E-state index contributed by atoms with van der Waals surface area (Å²) in [5.74, 6) is 0.607. The Morgan fingerprint density at radius 1 is 0.905 bits per heavy atom. The minimum Gasteiger partial charge on any atom is -0.381 e. The van der Waals surface area contributed by atoms with Crippen molar-refractivity contribution in [2.75, 3.05) is 5.32 Å². The summed E-state index contributed by atoms with van der Waals surface area (Å²) in [6.45, 7) is 0. The molecule has 1 nitrogen and oxygen atoms in total. The van der Waals surface area contributed by atoms with Gasteiger partial charge in [-0.15, -0.1) is 0 Å². The lowest BCUT2D eigenvalue weighted by molar-refractivity contribution is 0.405. The van der Waals surface area contributed by atoms with E-state index in [4.69, 9.17) is 0 Å². The second kappa shape index (κ2) is 6.97. The van der Waals surface area contributed by atoms with Gasteiger partial charge in [0, 0.05) is 26.6 Å². The summed E-state index contributed by atoms with van der Waals surface area (Å²) >= 11 is 7.17. The van der Waals surface area contributed by atoms with Crippen LogP contribution < -0.4 is 5.32 Å². The summed E-state index contributed by atoms with van der Waals surface area (Å²) in [7, 11) is 0. The lowest BCUT2D eigenvalue weighted by Gasteiger charge is -2.33. The molecule has 1 saturated carbocycles. The van der Waals surface area contributed by atoms with Crippen molar-refractivity contribution in [3.05, 3.63) is 63.0 Å². The Morgan fingerprint density at radius 3 is 2.43 bits per heavy atom. The molecule has 2 aromatic carbocycles. The Kier molecular flexibility index (Phi) is 5.02. The first kappa shape index (κ1) is 15.1. The molecule has 0 aromatic heterocycles. The van der Waals surface area contributed by atoms with Crippen molar-refractivity contribution in [1.29, 1.82) is 0 Å². The van der Waals surface area contributed by atoms with E-state index in [1.165, 1.54) is 36.9 Å². The van der Waals surface area contributed by atoms with Crippen LogP contribution in [0.5, 0.6) is 0 Å². The van der Waals surface area contributed by atoms with Crippen molar-refractivity contribution in [3.8, 4) is 0 Å². The topological polar surface area (TPSA) is 12.0 Å². The number of rotatable bonds is 3. The molecule has 2 atom stereocenters. The number of halogens is 2. The Labute approximate surface area is 143 Å². The van der Waals surface area contributed by atoms with Crippen LogP contribution in [-0.4, -0.2) is 6.04 Å². The highest BCUT2D eigenvalue weighted by atomic mass is 79.9. The van der Waals surface area contributed by atoms with Crippen LogP contribution in [0.3, 0.4) is 0 Å². The maximum atomic E-state index is 3.76. The van der Waals surface area contributed by atoms with Gasteiger partial charge in [-0.1, -0.05) is 59.1 Å². The summed E-state index contributed by atoms with van der Waals surface area (Å²) in [6.07, 6.45) is 5.16. The number of benzene rings is 2. The molecule has 0 amide bonds. The molecule has 1 aliphatic rings. The Bertz CT molecular complexity index is 597. The summed E-state index contributed by atoms with van der Waals surface area (Å²) in [4.78, 5) is 0. The molecule has 1 fully saturated rings. The lowest BCUT2D eigenvalue weighted by atomic mass is 9.80. The van der Waals surface area contributed by atoms with E-state index in [-0.39, 0.29) is 0 Å². The van der Waals surface area contributed by atoms with Crippen LogP contribution in [0.1, 0.15) is 37.2 Å². The molecule has 0 radical (unpaired) electrons. The highest BCUT2D eigenvalue weighted by molar-refractivity contribution is 9.11. The van der Waals surface area contributed by atoms with Gasteiger partial charge in [-0.2, -0.15) is 0 Å². The highest BCUT2D eigenvalue weighted by Crippen LogP contribution is 2.36. The van der Waals surface area contributed by atoms with Crippen LogP contribution in [0.2, 0.25) is 0 Å². The van der Waals surface area contributed by atoms with E-state index in [2.05, 4.69) is 85.7 Å². The largest absolute Gasteiger partial charge is 0.381 e. The van der Waals surface area contributed by atoms with Crippen LogP contribution >= 0.6 is 31.9 Å². The molecule has 0 spiro atoms. The first-order valence-electron chi connectivity index (χ1n) is 7.50. The molecule has 0 heterocycles. The van der Waals surface area contributed by atoms with E-state index in [1.54, 1.807) is 0 Å². The number of anilines is 1. The van der Waals surface area contributed by atoms with E-state index < -0.39 is 0 Å². The Balaban J connectivity index is 1.81. The van der Waals surface area contributed by atoms with Gasteiger partial charge < -0.3 is 5.32 Å². The standard InChI is InChI=1S/C18H19Br2N/c19-14-10-11-18(16(20)12-14)21-17-9-5-4-8-15(17)13-6-2-1-3-7-13/h1-3,6-7,10-12,15,17,21H,4-5,8-9H2. The fourth-order valence-corrected chi connectivity index (χ4v) is 4.37. The van der Waals surface area contributed by atoms with E-state index >= 15 is 0 Å². The van der Waals surface area contributed by atoms with Gasteiger partial charge in [0.2, 0.25) is 0 Å². The average Bonchev–Trinajstić information content (AvgIpc) is 2.51. The molecule has 1 N–H and O–H groups in total. The van der Waals surface area contributed by atoms with Crippen molar-refractivity contribution < 1.29 is 0 Å². The summed E-state index contributed by atoms with van der Waals surface area (Å²) in [6, 6.07) is 17.8. The molecule has 21 heavy (non-hydrogen) atoms. The molecule has 1 aliphatic carbocycles. The van der Waals surface area contributed by atoms with Gasteiger partial charge in [0.15, 0.2) is 0 Å². The molecule has 0 saturated heterocycles. The molecule has 2 aromatic rings. The Morgan fingerprint density at radius 2 is 1.67 bits per heavy atom. The number of hydrogen-bond acceptors (Lipinski definition) is 1. The molecule has 0 bridgehead atoms. The highest BCUT2D eigenvalue weighted by Gasteiger charge is 2.26.